The highest BCUT2D eigenvalue weighted by Crippen LogP contribution is 2.21. The van der Waals surface area contributed by atoms with Crippen LogP contribution in [0.15, 0.2) is 12.2 Å². The fraction of sp³-hybridized carbons (Fsp3) is 0.900. The van der Waals surface area contributed by atoms with Gasteiger partial charge in [-0.3, -0.25) is 4.79 Å². The number of hydrogen-bond donors (Lipinski definition) is 1. The van der Waals surface area contributed by atoms with Crippen molar-refractivity contribution in [3.05, 3.63) is 12.2 Å². The van der Waals surface area contributed by atoms with E-state index in [1.165, 1.54) is 109 Å². The topological polar surface area (TPSA) is 46.5 Å². The van der Waals surface area contributed by atoms with Crippen molar-refractivity contribution in [2.75, 3.05) is 13.2 Å². The monoisotopic (exact) mass is 466 g/mol. The predicted molar refractivity (Wildman–Crippen MR) is 144 cm³/mol. The molecular weight excluding hydrogens is 408 g/mol. The molecule has 0 aliphatic carbocycles. The van der Waals surface area contributed by atoms with Gasteiger partial charge in [0.05, 0.1) is 0 Å². The Kier molecular flexibility index (Phi) is 26.7. The van der Waals surface area contributed by atoms with Gasteiger partial charge in [-0.15, -0.1) is 0 Å². The third-order valence-corrected chi connectivity index (χ3v) is 6.73. The lowest BCUT2D eigenvalue weighted by Crippen LogP contribution is -2.05. The van der Waals surface area contributed by atoms with Crippen LogP contribution in [0.1, 0.15) is 155 Å². The average Bonchev–Trinajstić information content (AvgIpc) is 2.81. The van der Waals surface area contributed by atoms with Crippen LogP contribution in [0.3, 0.4) is 0 Å². The van der Waals surface area contributed by atoms with Gasteiger partial charge in [-0.1, -0.05) is 135 Å². The van der Waals surface area contributed by atoms with E-state index in [0.29, 0.717) is 25.6 Å². The van der Waals surface area contributed by atoms with E-state index in [1.807, 2.05) is 6.08 Å². The third kappa shape index (κ3) is 25.6. The van der Waals surface area contributed by atoms with Crippen molar-refractivity contribution in [1.29, 1.82) is 0 Å². The van der Waals surface area contributed by atoms with E-state index in [0.717, 1.165) is 25.7 Å². The number of allylic oxidation sites excluding steroid dienone is 1. The Morgan fingerprint density at radius 3 is 1.76 bits per heavy atom. The summed E-state index contributed by atoms with van der Waals surface area (Å²) >= 11 is 0. The second-order valence-corrected chi connectivity index (χ2v) is 9.95. The molecular formula is C30H58O3. The Labute approximate surface area is 207 Å². The minimum atomic E-state index is -0.0590. The summed E-state index contributed by atoms with van der Waals surface area (Å²) in [5.41, 5.74) is 0. The van der Waals surface area contributed by atoms with E-state index >= 15 is 0 Å². The van der Waals surface area contributed by atoms with Gasteiger partial charge >= 0.3 is 5.97 Å². The Balaban J connectivity index is 3.54. The summed E-state index contributed by atoms with van der Waals surface area (Å²) in [4.78, 5) is 11.9. The standard InChI is InChI=1S/C30H58O3/c1-3-5-7-9-11-12-14-18-22-28-33-30(32)25-21-17-16-20-24-29(26-27-31)23-19-15-13-10-8-6-4-2/h18,22,29,31H,3-17,19-21,23-28H2,1-2H3/b22-18-. The average molecular weight is 467 g/mol. The molecule has 0 bridgehead atoms. The van der Waals surface area contributed by atoms with Crippen LogP contribution in [-0.4, -0.2) is 24.3 Å². The summed E-state index contributed by atoms with van der Waals surface area (Å²) in [7, 11) is 0. The van der Waals surface area contributed by atoms with E-state index in [4.69, 9.17) is 4.74 Å². The summed E-state index contributed by atoms with van der Waals surface area (Å²) in [5.74, 6) is 0.620. The second kappa shape index (κ2) is 27.4. The molecule has 0 aromatic heterocycles. The first-order valence-electron chi connectivity index (χ1n) is 14.7. The summed E-state index contributed by atoms with van der Waals surface area (Å²) in [5, 5.41) is 9.35. The van der Waals surface area contributed by atoms with Gasteiger partial charge in [-0.2, -0.15) is 0 Å². The maximum absolute atomic E-state index is 11.9. The Morgan fingerprint density at radius 1 is 0.667 bits per heavy atom. The number of aliphatic hydroxyl groups excluding tert-OH is 1. The molecule has 1 N–H and O–H groups in total. The molecule has 0 aliphatic rings. The van der Waals surface area contributed by atoms with Crippen LogP contribution in [0.2, 0.25) is 0 Å². The summed E-state index contributed by atoms with van der Waals surface area (Å²) in [6.45, 7) is 5.26. The highest BCUT2D eigenvalue weighted by Gasteiger charge is 2.08. The number of aliphatic hydroxyl groups is 1. The molecule has 0 spiro atoms. The number of carbonyl (C=O) groups is 1. The smallest absolute Gasteiger partial charge is 0.306 e. The van der Waals surface area contributed by atoms with Crippen molar-refractivity contribution in [2.45, 2.75) is 155 Å². The van der Waals surface area contributed by atoms with E-state index in [-0.39, 0.29) is 5.97 Å². The van der Waals surface area contributed by atoms with Crippen molar-refractivity contribution in [1.82, 2.24) is 0 Å². The molecule has 196 valence electrons. The fourth-order valence-corrected chi connectivity index (χ4v) is 4.50. The van der Waals surface area contributed by atoms with Gasteiger partial charge in [-0.25, -0.2) is 0 Å². The molecule has 0 amide bonds. The molecule has 0 fully saturated rings. The van der Waals surface area contributed by atoms with Gasteiger partial charge in [0.15, 0.2) is 0 Å². The first-order chi connectivity index (χ1) is 16.2. The summed E-state index contributed by atoms with van der Waals surface area (Å²) in [6.07, 6.45) is 31.1. The van der Waals surface area contributed by atoms with Crippen LogP contribution in [0.25, 0.3) is 0 Å². The highest BCUT2D eigenvalue weighted by molar-refractivity contribution is 5.69. The third-order valence-electron chi connectivity index (χ3n) is 6.73. The number of unbranched alkanes of at least 4 members (excludes halogenated alkanes) is 15. The molecule has 33 heavy (non-hydrogen) atoms. The lowest BCUT2D eigenvalue weighted by atomic mass is 9.92. The molecule has 0 aliphatic heterocycles. The second-order valence-electron chi connectivity index (χ2n) is 9.95. The quantitative estimate of drug-likeness (QED) is 0.0784. The zero-order valence-corrected chi connectivity index (χ0v) is 22.5. The largest absolute Gasteiger partial charge is 0.461 e. The molecule has 0 radical (unpaired) electrons. The van der Waals surface area contributed by atoms with E-state index < -0.39 is 0 Å². The van der Waals surface area contributed by atoms with Gasteiger partial charge in [0.1, 0.15) is 6.61 Å². The van der Waals surface area contributed by atoms with Gasteiger partial charge in [-0.05, 0) is 31.6 Å². The molecule has 0 heterocycles. The van der Waals surface area contributed by atoms with Crippen LogP contribution in [0, 0.1) is 5.92 Å². The minimum absolute atomic E-state index is 0.0590. The molecule has 3 heteroatoms. The first kappa shape index (κ1) is 32.2. The van der Waals surface area contributed by atoms with E-state index in [2.05, 4.69) is 19.9 Å². The van der Waals surface area contributed by atoms with Gasteiger partial charge in [0.25, 0.3) is 0 Å². The zero-order valence-electron chi connectivity index (χ0n) is 22.5. The number of rotatable bonds is 26. The van der Waals surface area contributed by atoms with Crippen molar-refractivity contribution in [3.8, 4) is 0 Å². The molecule has 0 saturated carbocycles. The molecule has 0 aromatic carbocycles. The Hall–Kier alpha value is -0.830. The molecule has 0 aromatic rings. The molecule has 0 rings (SSSR count). The Morgan fingerprint density at radius 2 is 1.18 bits per heavy atom. The van der Waals surface area contributed by atoms with Crippen LogP contribution in [0.4, 0.5) is 0 Å². The van der Waals surface area contributed by atoms with E-state index in [9.17, 15) is 9.90 Å². The highest BCUT2D eigenvalue weighted by atomic mass is 16.5. The van der Waals surface area contributed by atoms with Gasteiger partial charge < -0.3 is 9.84 Å². The number of hydrogen-bond acceptors (Lipinski definition) is 3. The van der Waals surface area contributed by atoms with E-state index in [1.54, 1.807) is 0 Å². The van der Waals surface area contributed by atoms with Crippen molar-refractivity contribution in [3.63, 3.8) is 0 Å². The SMILES string of the molecule is CCCCCCCC/C=C\COC(=O)CCCCCCC(CCO)CCCCCCCCC. The van der Waals surface area contributed by atoms with Crippen molar-refractivity contribution >= 4 is 5.97 Å². The molecule has 0 saturated heterocycles. The van der Waals surface area contributed by atoms with Crippen molar-refractivity contribution < 1.29 is 14.6 Å². The maximum atomic E-state index is 11.9. The summed E-state index contributed by atoms with van der Waals surface area (Å²) < 4.78 is 5.31. The molecule has 3 nitrogen and oxygen atoms in total. The lowest BCUT2D eigenvalue weighted by molar-refractivity contribution is -0.142. The first-order valence-corrected chi connectivity index (χ1v) is 14.7. The number of ether oxygens (including phenoxy) is 1. The lowest BCUT2D eigenvalue weighted by Gasteiger charge is -2.15. The Bertz CT molecular complexity index is 419. The van der Waals surface area contributed by atoms with Crippen LogP contribution < -0.4 is 0 Å². The zero-order chi connectivity index (χ0) is 24.2. The van der Waals surface area contributed by atoms with Gasteiger partial charge in [0.2, 0.25) is 0 Å². The van der Waals surface area contributed by atoms with Crippen LogP contribution in [0.5, 0.6) is 0 Å². The predicted octanol–water partition coefficient (Wildman–Crippen LogP) is 9.32. The number of carbonyl (C=O) groups excluding carboxylic acids is 1. The fourth-order valence-electron chi connectivity index (χ4n) is 4.50. The molecule has 1 atom stereocenters. The minimum Gasteiger partial charge on any atom is -0.461 e. The summed E-state index contributed by atoms with van der Waals surface area (Å²) in [6, 6.07) is 0. The molecule has 1 unspecified atom stereocenters. The van der Waals surface area contributed by atoms with Crippen molar-refractivity contribution in [2.24, 2.45) is 5.92 Å². The maximum Gasteiger partial charge on any atom is 0.306 e. The van der Waals surface area contributed by atoms with Crippen LogP contribution in [-0.2, 0) is 9.53 Å². The van der Waals surface area contributed by atoms with Gasteiger partial charge in [0, 0.05) is 13.0 Å². The van der Waals surface area contributed by atoms with Crippen LogP contribution >= 0.6 is 0 Å². The normalized spacial score (nSPS) is 12.5. The number of esters is 1.